The highest BCUT2D eigenvalue weighted by molar-refractivity contribution is 6.31. The van der Waals surface area contributed by atoms with Gasteiger partial charge in [0.1, 0.15) is 5.82 Å². The van der Waals surface area contributed by atoms with E-state index >= 15 is 0 Å². The van der Waals surface area contributed by atoms with Crippen molar-refractivity contribution >= 4 is 17.5 Å². The summed E-state index contributed by atoms with van der Waals surface area (Å²) in [6.45, 7) is 0.704. The number of amides is 1. The third kappa shape index (κ3) is 4.42. The molecule has 0 radical (unpaired) electrons. The molecule has 2 atom stereocenters. The molecule has 1 saturated carbocycles. The van der Waals surface area contributed by atoms with Crippen molar-refractivity contribution < 1.29 is 14.3 Å². The molecule has 2 unspecified atom stereocenters. The van der Waals surface area contributed by atoms with E-state index in [1.54, 1.807) is 6.07 Å². The van der Waals surface area contributed by atoms with Crippen LogP contribution in [-0.4, -0.2) is 24.2 Å². The summed E-state index contributed by atoms with van der Waals surface area (Å²) in [5.41, 5.74) is 0.235. The first-order chi connectivity index (χ1) is 10.1. The molecule has 1 aliphatic carbocycles. The van der Waals surface area contributed by atoms with Gasteiger partial charge in [0.05, 0.1) is 6.42 Å². The minimum atomic E-state index is -0.455. The van der Waals surface area contributed by atoms with Gasteiger partial charge in [-0.05, 0) is 36.8 Å². The number of carbonyl (C=O) groups is 1. The van der Waals surface area contributed by atoms with Gasteiger partial charge in [0, 0.05) is 23.7 Å². The van der Waals surface area contributed by atoms with Crippen molar-refractivity contribution in [1.29, 1.82) is 0 Å². The van der Waals surface area contributed by atoms with Crippen molar-refractivity contribution in [2.75, 3.05) is 13.2 Å². The first kappa shape index (κ1) is 16.2. The summed E-state index contributed by atoms with van der Waals surface area (Å²) in [5.74, 6) is -0.118. The Labute approximate surface area is 129 Å². The minimum Gasteiger partial charge on any atom is -0.396 e. The molecule has 0 aromatic heterocycles. The molecule has 1 aromatic carbocycles. The van der Waals surface area contributed by atoms with Crippen molar-refractivity contribution in [3.8, 4) is 0 Å². The normalized spacial score (nSPS) is 22.0. The monoisotopic (exact) mass is 313 g/mol. The fourth-order valence-electron chi connectivity index (χ4n) is 2.96. The molecular weight excluding hydrogens is 293 g/mol. The van der Waals surface area contributed by atoms with Crippen LogP contribution >= 0.6 is 11.6 Å². The molecule has 0 saturated heterocycles. The lowest BCUT2D eigenvalue weighted by molar-refractivity contribution is -0.120. The second-order valence-electron chi connectivity index (χ2n) is 5.67. The number of hydrogen-bond donors (Lipinski definition) is 2. The Hall–Kier alpha value is -1.13. The number of nitrogens with one attached hydrogen (secondary N) is 1. The molecule has 1 aliphatic rings. The quantitative estimate of drug-likeness (QED) is 0.878. The van der Waals surface area contributed by atoms with Gasteiger partial charge in [0.15, 0.2) is 0 Å². The smallest absolute Gasteiger partial charge is 0.224 e. The van der Waals surface area contributed by atoms with E-state index in [0.717, 1.165) is 25.7 Å². The van der Waals surface area contributed by atoms with Crippen LogP contribution in [-0.2, 0) is 11.2 Å². The summed E-state index contributed by atoms with van der Waals surface area (Å²) in [5, 5.41) is 12.5. The first-order valence-electron chi connectivity index (χ1n) is 7.42. The van der Waals surface area contributed by atoms with Crippen molar-refractivity contribution in [3.63, 3.8) is 0 Å². The molecule has 2 N–H and O–H groups in total. The van der Waals surface area contributed by atoms with Gasteiger partial charge < -0.3 is 10.4 Å². The Morgan fingerprint density at radius 1 is 1.33 bits per heavy atom. The molecule has 0 bridgehead atoms. The van der Waals surface area contributed by atoms with Crippen LogP contribution < -0.4 is 5.32 Å². The van der Waals surface area contributed by atoms with Crippen LogP contribution in [0.2, 0.25) is 5.02 Å². The SMILES string of the molecule is O=C(Cc1c(F)cccc1Cl)NCC1CCCCC1CO. The highest BCUT2D eigenvalue weighted by atomic mass is 35.5. The van der Waals surface area contributed by atoms with E-state index in [1.165, 1.54) is 12.1 Å². The Balaban J connectivity index is 1.87. The molecule has 2 rings (SSSR count). The maximum atomic E-state index is 13.6. The molecule has 3 nitrogen and oxygen atoms in total. The zero-order valence-electron chi connectivity index (χ0n) is 11.9. The van der Waals surface area contributed by atoms with Gasteiger partial charge in [0.2, 0.25) is 5.91 Å². The average molecular weight is 314 g/mol. The van der Waals surface area contributed by atoms with Crippen LogP contribution in [0.1, 0.15) is 31.2 Å². The third-order valence-corrected chi connectivity index (χ3v) is 4.62. The van der Waals surface area contributed by atoms with Crippen molar-refractivity contribution in [2.24, 2.45) is 11.8 Å². The second-order valence-corrected chi connectivity index (χ2v) is 6.08. The van der Waals surface area contributed by atoms with E-state index < -0.39 is 5.82 Å². The molecule has 1 aromatic rings. The van der Waals surface area contributed by atoms with E-state index in [1.807, 2.05) is 0 Å². The number of halogens is 2. The minimum absolute atomic E-state index is 0.0536. The molecule has 0 heterocycles. The summed E-state index contributed by atoms with van der Waals surface area (Å²) in [6.07, 6.45) is 4.25. The Bertz CT molecular complexity index is 475. The van der Waals surface area contributed by atoms with Crippen molar-refractivity contribution in [2.45, 2.75) is 32.1 Å². The van der Waals surface area contributed by atoms with E-state index in [9.17, 15) is 14.3 Å². The zero-order chi connectivity index (χ0) is 15.2. The summed E-state index contributed by atoms with van der Waals surface area (Å²) in [7, 11) is 0. The lowest BCUT2D eigenvalue weighted by atomic mass is 9.79. The standard InChI is InChI=1S/C16H21ClFNO2/c17-14-6-3-7-15(18)13(14)8-16(21)19-9-11-4-1-2-5-12(11)10-20/h3,6-7,11-12,20H,1-2,4-5,8-10H2,(H,19,21). The molecule has 1 fully saturated rings. The second kappa shape index (κ2) is 7.76. The van der Waals surface area contributed by atoms with Crippen LogP contribution in [0.15, 0.2) is 18.2 Å². The summed E-state index contributed by atoms with van der Waals surface area (Å²) in [6, 6.07) is 4.40. The Morgan fingerprint density at radius 2 is 2.05 bits per heavy atom. The predicted octanol–water partition coefficient (Wildman–Crippen LogP) is 2.94. The topological polar surface area (TPSA) is 49.3 Å². The molecule has 0 spiro atoms. The van der Waals surface area contributed by atoms with Crippen molar-refractivity contribution in [3.05, 3.63) is 34.6 Å². The Kier molecular flexibility index (Phi) is 6.00. The van der Waals surface area contributed by atoms with E-state index in [4.69, 9.17) is 11.6 Å². The molecular formula is C16H21ClFNO2. The summed E-state index contributed by atoms with van der Waals surface area (Å²) >= 11 is 5.92. The van der Waals surface area contributed by atoms with Crippen LogP contribution in [0.5, 0.6) is 0 Å². The summed E-state index contributed by atoms with van der Waals surface area (Å²) < 4.78 is 13.6. The predicted molar refractivity (Wildman–Crippen MR) is 80.7 cm³/mol. The highest BCUT2D eigenvalue weighted by Gasteiger charge is 2.24. The zero-order valence-corrected chi connectivity index (χ0v) is 12.7. The largest absolute Gasteiger partial charge is 0.396 e. The molecule has 0 aliphatic heterocycles. The maximum absolute atomic E-state index is 13.6. The molecule has 116 valence electrons. The van der Waals surface area contributed by atoms with E-state index in [-0.39, 0.29) is 35.4 Å². The van der Waals surface area contributed by atoms with Crippen LogP contribution in [0.25, 0.3) is 0 Å². The van der Waals surface area contributed by atoms with Crippen LogP contribution in [0.4, 0.5) is 4.39 Å². The number of carbonyl (C=O) groups excluding carboxylic acids is 1. The van der Waals surface area contributed by atoms with Crippen molar-refractivity contribution in [1.82, 2.24) is 5.32 Å². The first-order valence-corrected chi connectivity index (χ1v) is 7.80. The van der Waals surface area contributed by atoms with Gasteiger partial charge in [-0.25, -0.2) is 4.39 Å². The van der Waals surface area contributed by atoms with E-state index in [2.05, 4.69) is 5.32 Å². The van der Waals surface area contributed by atoms with Gasteiger partial charge in [-0.1, -0.05) is 30.5 Å². The van der Waals surface area contributed by atoms with Gasteiger partial charge in [-0.3, -0.25) is 4.79 Å². The van der Waals surface area contributed by atoms with E-state index in [0.29, 0.717) is 12.5 Å². The number of hydrogen-bond acceptors (Lipinski definition) is 2. The lowest BCUT2D eigenvalue weighted by Crippen LogP contribution is -2.36. The Morgan fingerprint density at radius 3 is 2.71 bits per heavy atom. The molecule has 5 heteroatoms. The van der Waals surface area contributed by atoms with Gasteiger partial charge in [-0.15, -0.1) is 0 Å². The summed E-state index contributed by atoms with van der Waals surface area (Å²) in [4.78, 5) is 12.0. The van der Waals surface area contributed by atoms with Crippen LogP contribution in [0, 0.1) is 17.7 Å². The number of aliphatic hydroxyl groups excluding tert-OH is 1. The van der Waals surface area contributed by atoms with Gasteiger partial charge >= 0.3 is 0 Å². The fourth-order valence-corrected chi connectivity index (χ4v) is 3.19. The molecule has 1 amide bonds. The highest BCUT2D eigenvalue weighted by Crippen LogP contribution is 2.29. The number of benzene rings is 1. The van der Waals surface area contributed by atoms with Gasteiger partial charge in [0.25, 0.3) is 0 Å². The maximum Gasteiger partial charge on any atom is 0.224 e. The van der Waals surface area contributed by atoms with Crippen LogP contribution in [0.3, 0.4) is 0 Å². The number of rotatable bonds is 5. The number of aliphatic hydroxyl groups is 1. The average Bonchev–Trinajstić information content (AvgIpc) is 2.49. The molecule has 21 heavy (non-hydrogen) atoms. The third-order valence-electron chi connectivity index (χ3n) is 4.26. The van der Waals surface area contributed by atoms with Gasteiger partial charge in [-0.2, -0.15) is 0 Å². The lowest BCUT2D eigenvalue weighted by Gasteiger charge is -2.30. The fraction of sp³-hybridized carbons (Fsp3) is 0.562.